The lowest BCUT2D eigenvalue weighted by Crippen LogP contribution is -2.12. The van der Waals surface area contributed by atoms with E-state index in [9.17, 15) is 5.11 Å². The minimum absolute atomic E-state index is 0.308. The van der Waals surface area contributed by atoms with Gasteiger partial charge in [0.15, 0.2) is 0 Å². The first kappa shape index (κ1) is 11.2. The molecule has 0 amide bonds. The highest BCUT2D eigenvalue weighted by Crippen LogP contribution is 2.21. The fourth-order valence-electron chi connectivity index (χ4n) is 1.41. The summed E-state index contributed by atoms with van der Waals surface area (Å²) in [5, 5.41) is 19.5. The van der Waals surface area contributed by atoms with E-state index in [2.05, 4.69) is 31.4 Å². The van der Waals surface area contributed by atoms with Gasteiger partial charge in [-0.3, -0.25) is 5.10 Å². The highest BCUT2D eigenvalue weighted by Gasteiger charge is 2.01. The molecule has 3 N–H and O–H groups in total. The third kappa shape index (κ3) is 2.84. The minimum Gasteiger partial charge on any atom is -0.508 e. The van der Waals surface area contributed by atoms with E-state index >= 15 is 0 Å². The fraction of sp³-hybridized carbons (Fsp3) is 0.182. The van der Waals surface area contributed by atoms with Crippen molar-refractivity contribution >= 4 is 15.9 Å². The third-order valence-electron chi connectivity index (χ3n) is 2.24. The van der Waals surface area contributed by atoms with Crippen LogP contribution in [0.15, 0.2) is 35.1 Å². The highest BCUT2D eigenvalue weighted by molar-refractivity contribution is 9.10. The lowest BCUT2D eigenvalue weighted by molar-refractivity contribution is 0.464. The number of phenols is 1. The van der Waals surface area contributed by atoms with Crippen molar-refractivity contribution in [3.8, 4) is 5.75 Å². The molecular weight excluding hydrogens is 270 g/mol. The van der Waals surface area contributed by atoms with Gasteiger partial charge >= 0.3 is 0 Å². The maximum atomic E-state index is 9.61. The van der Waals surface area contributed by atoms with E-state index in [-0.39, 0.29) is 0 Å². The van der Waals surface area contributed by atoms with E-state index in [1.54, 1.807) is 12.3 Å². The van der Waals surface area contributed by atoms with Crippen LogP contribution >= 0.6 is 15.9 Å². The Kier molecular flexibility index (Phi) is 3.58. The summed E-state index contributed by atoms with van der Waals surface area (Å²) in [6, 6.07) is 5.39. The van der Waals surface area contributed by atoms with E-state index in [1.807, 2.05) is 18.3 Å². The number of aromatic nitrogens is 2. The second-order valence-corrected chi connectivity index (χ2v) is 4.40. The Hall–Kier alpha value is -1.33. The van der Waals surface area contributed by atoms with Gasteiger partial charge in [-0.05, 0) is 18.2 Å². The summed E-state index contributed by atoms with van der Waals surface area (Å²) in [7, 11) is 0. The van der Waals surface area contributed by atoms with Crippen LogP contribution in [0, 0.1) is 0 Å². The van der Waals surface area contributed by atoms with Gasteiger partial charge in [0.1, 0.15) is 5.75 Å². The molecule has 4 nitrogen and oxygen atoms in total. The summed E-state index contributed by atoms with van der Waals surface area (Å²) >= 11 is 3.37. The molecule has 16 heavy (non-hydrogen) atoms. The van der Waals surface area contributed by atoms with Crippen molar-refractivity contribution in [2.75, 3.05) is 0 Å². The van der Waals surface area contributed by atoms with Crippen LogP contribution in [0.4, 0.5) is 0 Å². The van der Waals surface area contributed by atoms with Crippen molar-refractivity contribution in [1.82, 2.24) is 15.5 Å². The molecular formula is C11H12BrN3O. The quantitative estimate of drug-likeness (QED) is 0.805. The van der Waals surface area contributed by atoms with E-state index < -0.39 is 0 Å². The number of aromatic amines is 1. The second-order valence-electron chi connectivity index (χ2n) is 3.48. The van der Waals surface area contributed by atoms with Gasteiger partial charge in [0.25, 0.3) is 0 Å². The van der Waals surface area contributed by atoms with E-state index in [4.69, 9.17) is 0 Å². The van der Waals surface area contributed by atoms with Crippen LogP contribution in [0.25, 0.3) is 0 Å². The Morgan fingerprint density at radius 3 is 3.00 bits per heavy atom. The summed E-state index contributed by atoms with van der Waals surface area (Å²) in [6.07, 6.45) is 3.61. The smallest absolute Gasteiger partial charge is 0.120 e. The van der Waals surface area contributed by atoms with Crippen molar-refractivity contribution in [2.45, 2.75) is 13.1 Å². The largest absolute Gasteiger partial charge is 0.508 e. The van der Waals surface area contributed by atoms with Crippen LogP contribution < -0.4 is 5.32 Å². The topological polar surface area (TPSA) is 60.9 Å². The molecule has 0 bridgehead atoms. The Bertz CT molecular complexity index is 456. The number of aromatic hydroxyl groups is 1. The molecule has 0 saturated carbocycles. The van der Waals surface area contributed by atoms with Crippen molar-refractivity contribution in [2.24, 2.45) is 0 Å². The summed E-state index contributed by atoms with van der Waals surface area (Å²) in [5.41, 5.74) is 1.97. The van der Waals surface area contributed by atoms with Crippen molar-refractivity contribution < 1.29 is 5.11 Å². The number of halogens is 1. The van der Waals surface area contributed by atoms with E-state index in [0.29, 0.717) is 12.3 Å². The number of nitrogens with zero attached hydrogens (tertiary/aromatic N) is 1. The zero-order valence-corrected chi connectivity index (χ0v) is 10.2. The van der Waals surface area contributed by atoms with Gasteiger partial charge in [0, 0.05) is 34.9 Å². The molecule has 84 valence electrons. The van der Waals surface area contributed by atoms with E-state index in [0.717, 1.165) is 22.1 Å². The average molecular weight is 282 g/mol. The molecule has 2 aromatic rings. The molecule has 0 saturated heterocycles. The molecule has 2 rings (SSSR count). The molecule has 0 radical (unpaired) electrons. The number of rotatable bonds is 4. The molecule has 1 heterocycles. The number of benzene rings is 1. The van der Waals surface area contributed by atoms with Crippen molar-refractivity contribution in [1.29, 1.82) is 0 Å². The van der Waals surface area contributed by atoms with Crippen LogP contribution in [-0.4, -0.2) is 15.3 Å². The maximum absolute atomic E-state index is 9.61. The Morgan fingerprint density at radius 1 is 1.38 bits per heavy atom. The van der Waals surface area contributed by atoms with Gasteiger partial charge in [0.05, 0.1) is 6.20 Å². The number of phenolic OH excluding ortho intramolecular Hbond substituents is 1. The van der Waals surface area contributed by atoms with Gasteiger partial charge in [-0.1, -0.05) is 15.9 Å². The summed E-state index contributed by atoms with van der Waals surface area (Å²) < 4.78 is 0.963. The van der Waals surface area contributed by atoms with E-state index in [1.165, 1.54) is 0 Å². The van der Waals surface area contributed by atoms with Crippen LogP contribution in [0.3, 0.4) is 0 Å². The Labute approximate surface area is 102 Å². The Balaban J connectivity index is 1.92. The highest BCUT2D eigenvalue weighted by atomic mass is 79.9. The van der Waals surface area contributed by atoms with Gasteiger partial charge in [-0.25, -0.2) is 0 Å². The second kappa shape index (κ2) is 5.14. The van der Waals surface area contributed by atoms with Crippen molar-refractivity contribution in [3.63, 3.8) is 0 Å². The molecule has 0 aliphatic carbocycles. The van der Waals surface area contributed by atoms with Gasteiger partial charge < -0.3 is 10.4 Å². The Morgan fingerprint density at radius 2 is 2.25 bits per heavy atom. The summed E-state index contributed by atoms with van der Waals surface area (Å²) in [4.78, 5) is 0. The van der Waals surface area contributed by atoms with Crippen LogP contribution in [-0.2, 0) is 13.1 Å². The third-order valence-corrected chi connectivity index (χ3v) is 2.73. The van der Waals surface area contributed by atoms with Crippen LogP contribution in [0.5, 0.6) is 5.75 Å². The van der Waals surface area contributed by atoms with Crippen LogP contribution in [0.1, 0.15) is 11.1 Å². The monoisotopic (exact) mass is 281 g/mol. The molecule has 0 spiro atoms. The van der Waals surface area contributed by atoms with Crippen molar-refractivity contribution in [3.05, 3.63) is 46.2 Å². The number of hydrogen-bond acceptors (Lipinski definition) is 3. The first-order chi connectivity index (χ1) is 7.75. The predicted molar refractivity (Wildman–Crippen MR) is 64.9 cm³/mol. The fourth-order valence-corrected chi connectivity index (χ4v) is 1.82. The standard InChI is InChI=1S/C11H12BrN3O/c12-10-1-2-11(16)9(3-10)7-13-4-8-5-14-15-6-8/h1-3,5-6,13,16H,4,7H2,(H,14,15). The molecule has 1 aromatic carbocycles. The molecule has 0 aliphatic heterocycles. The van der Waals surface area contributed by atoms with Gasteiger partial charge in [0.2, 0.25) is 0 Å². The molecule has 1 aromatic heterocycles. The molecule has 0 unspecified atom stereocenters. The SMILES string of the molecule is Oc1ccc(Br)cc1CNCc1cn[nH]c1. The minimum atomic E-state index is 0.308. The first-order valence-electron chi connectivity index (χ1n) is 4.91. The maximum Gasteiger partial charge on any atom is 0.120 e. The zero-order chi connectivity index (χ0) is 11.4. The van der Waals surface area contributed by atoms with Gasteiger partial charge in [-0.15, -0.1) is 0 Å². The number of nitrogens with one attached hydrogen (secondary N) is 2. The normalized spacial score (nSPS) is 10.6. The molecule has 5 heteroatoms. The number of hydrogen-bond donors (Lipinski definition) is 3. The van der Waals surface area contributed by atoms with Gasteiger partial charge in [-0.2, -0.15) is 5.10 Å². The molecule has 0 aliphatic rings. The molecule has 0 atom stereocenters. The predicted octanol–water partition coefficient (Wildman–Crippen LogP) is 2.17. The zero-order valence-electron chi connectivity index (χ0n) is 8.57. The number of H-pyrrole nitrogens is 1. The lowest BCUT2D eigenvalue weighted by Gasteiger charge is -2.06. The summed E-state index contributed by atoms with van der Waals surface area (Å²) in [6.45, 7) is 1.35. The lowest BCUT2D eigenvalue weighted by atomic mass is 10.2. The summed E-state index contributed by atoms with van der Waals surface area (Å²) in [5.74, 6) is 0.308. The molecule has 0 fully saturated rings. The first-order valence-corrected chi connectivity index (χ1v) is 5.71. The average Bonchev–Trinajstić information content (AvgIpc) is 2.76. The van der Waals surface area contributed by atoms with Crippen LogP contribution in [0.2, 0.25) is 0 Å².